The maximum Gasteiger partial charge on any atom is 0.279 e. The van der Waals surface area contributed by atoms with Gasteiger partial charge in [0.2, 0.25) is 0 Å². The molecule has 0 bridgehead atoms. The molecule has 6 heteroatoms. The summed E-state index contributed by atoms with van der Waals surface area (Å²) in [5, 5.41) is 2.88. The van der Waals surface area contributed by atoms with Gasteiger partial charge in [-0.25, -0.2) is 0 Å². The van der Waals surface area contributed by atoms with Crippen LogP contribution in [-0.4, -0.2) is 26.6 Å². The van der Waals surface area contributed by atoms with Gasteiger partial charge in [0.05, 0.1) is 23.4 Å². The van der Waals surface area contributed by atoms with E-state index in [2.05, 4.69) is 5.32 Å². The average molecular weight is 326 g/mol. The van der Waals surface area contributed by atoms with Crippen molar-refractivity contribution in [3.63, 3.8) is 0 Å². The number of benzene rings is 1. The Balaban J connectivity index is 1.82. The molecule has 0 aliphatic heterocycles. The standard InChI is InChI=1S/C15H17ClN2O2S/c1-18(9-13-7-8-14(16)21-13)10-15(19)17-11-3-5-12(20-2)6-4-11/h3-8H,9-10H2,1-2H3,(H,17,19)/p+1. The van der Waals surface area contributed by atoms with Gasteiger partial charge >= 0.3 is 0 Å². The molecule has 0 saturated heterocycles. The van der Waals surface area contributed by atoms with Crippen LogP contribution in [0.3, 0.4) is 0 Å². The number of halogens is 1. The number of nitrogens with one attached hydrogen (secondary N) is 2. The molecule has 1 aromatic carbocycles. The van der Waals surface area contributed by atoms with E-state index in [9.17, 15) is 4.79 Å². The van der Waals surface area contributed by atoms with Gasteiger partial charge in [-0.3, -0.25) is 4.79 Å². The van der Waals surface area contributed by atoms with Crippen LogP contribution < -0.4 is 15.0 Å². The molecule has 2 aromatic rings. The first-order valence-corrected chi connectivity index (χ1v) is 7.75. The summed E-state index contributed by atoms with van der Waals surface area (Å²) in [4.78, 5) is 14.3. The number of anilines is 1. The molecule has 0 fully saturated rings. The predicted octanol–water partition coefficient (Wildman–Crippen LogP) is 2.06. The SMILES string of the molecule is COc1ccc(NC(=O)C[NH+](C)Cc2ccc(Cl)s2)cc1. The molecule has 1 unspecified atom stereocenters. The second-order valence-electron chi connectivity index (χ2n) is 4.79. The summed E-state index contributed by atoms with van der Waals surface area (Å²) >= 11 is 7.45. The van der Waals surface area contributed by atoms with Crippen molar-refractivity contribution >= 4 is 34.5 Å². The highest BCUT2D eigenvalue weighted by Crippen LogP contribution is 2.20. The zero-order valence-electron chi connectivity index (χ0n) is 12.0. The fraction of sp³-hybridized carbons (Fsp3) is 0.267. The van der Waals surface area contributed by atoms with Crippen LogP contribution in [0.15, 0.2) is 36.4 Å². The molecule has 0 radical (unpaired) electrons. The minimum absolute atomic E-state index is 0.0136. The van der Waals surface area contributed by atoms with Crippen molar-refractivity contribution in [2.45, 2.75) is 6.54 Å². The van der Waals surface area contributed by atoms with Crippen molar-refractivity contribution in [1.29, 1.82) is 0 Å². The number of carbonyl (C=O) groups excluding carboxylic acids is 1. The topological polar surface area (TPSA) is 42.8 Å². The van der Waals surface area contributed by atoms with E-state index in [-0.39, 0.29) is 5.91 Å². The van der Waals surface area contributed by atoms with Crippen LogP contribution in [0, 0.1) is 0 Å². The lowest BCUT2D eigenvalue weighted by Crippen LogP contribution is -3.08. The Hall–Kier alpha value is -1.56. The zero-order chi connectivity index (χ0) is 15.2. The molecule has 0 saturated carbocycles. The van der Waals surface area contributed by atoms with Crippen molar-refractivity contribution in [2.24, 2.45) is 0 Å². The summed E-state index contributed by atoms with van der Waals surface area (Å²) in [6.45, 7) is 1.19. The molecule has 2 rings (SSSR count). The van der Waals surface area contributed by atoms with E-state index >= 15 is 0 Å². The third-order valence-corrected chi connectivity index (χ3v) is 4.17. The third-order valence-electron chi connectivity index (χ3n) is 2.94. The van der Waals surface area contributed by atoms with Gasteiger partial charge in [-0.15, -0.1) is 11.3 Å². The number of hydrogen-bond acceptors (Lipinski definition) is 3. The van der Waals surface area contributed by atoms with E-state index in [0.29, 0.717) is 6.54 Å². The molecule has 0 spiro atoms. The Bertz CT molecular complexity index is 598. The van der Waals surface area contributed by atoms with Crippen molar-refractivity contribution in [3.05, 3.63) is 45.6 Å². The minimum Gasteiger partial charge on any atom is -0.497 e. The van der Waals surface area contributed by atoms with E-state index < -0.39 is 0 Å². The lowest BCUT2D eigenvalue weighted by Gasteiger charge is -2.13. The van der Waals surface area contributed by atoms with Crippen LogP contribution >= 0.6 is 22.9 Å². The highest BCUT2D eigenvalue weighted by molar-refractivity contribution is 7.16. The number of amides is 1. The summed E-state index contributed by atoms with van der Waals surface area (Å²) in [7, 11) is 3.60. The first-order chi connectivity index (χ1) is 10.1. The monoisotopic (exact) mass is 325 g/mol. The number of thiophene rings is 1. The number of methoxy groups -OCH3 is 1. The molecule has 4 nitrogen and oxygen atoms in total. The van der Waals surface area contributed by atoms with E-state index in [4.69, 9.17) is 16.3 Å². The van der Waals surface area contributed by atoms with Crippen LogP contribution in [0.5, 0.6) is 5.75 Å². The zero-order valence-corrected chi connectivity index (χ0v) is 13.6. The molecule has 1 amide bonds. The van der Waals surface area contributed by atoms with Crippen LogP contribution in [0.25, 0.3) is 0 Å². The molecule has 1 heterocycles. The summed E-state index contributed by atoms with van der Waals surface area (Å²) in [5.41, 5.74) is 0.771. The van der Waals surface area contributed by atoms with Crippen molar-refractivity contribution in [3.8, 4) is 5.75 Å². The smallest absolute Gasteiger partial charge is 0.279 e. The van der Waals surface area contributed by atoms with E-state index in [1.54, 1.807) is 18.4 Å². The fourth-order valence-corrected chi connectivity index (χ4v) is 3.16. The second-order valence-corrected chi connectivity index (χ2v) is 6.59. The quantitative estimate of drug-likeness (QED) is 0.854. The Morgan fingerprint density at radius 1 is 1.29 bits per heavy atom. The van der Waals surface area contributed by atoms with Crippen molar-refractivity contribution in [1.82, 2.24) is 0 Å². The van der Waals surface area contributed by atoms with Gasteiger partial charge in [0.25, 0.3) is 5.91 Å². The van der Waals surface area contributed by atoms with Crippen LogP contribution in [-0.2, 0) is 11.3 Å². The molecule has 2 N–H and O–H groups in total. The summed E-state index contributed by atoms with van der Waals surface area (Å²) in [6, 6.07) is 11.2. The molecule has 1 aromatic heterocycles. The molecule has 21 heavy (non-hydrogen) atoms. The number of rotatable bonds is 6. The van der Waals surface area contributed by atoms with Gasteiger partial charge in [0.1, 0.15) is 12.3 Å². The van der Waals surface area contributed by atoms with Crippen molar-refractivity contribution in [2.75, 3.05) is 26.0 Å². The minimum atomic E-state index is -0.0136. The molecule has 112 valence electrons. The van der Waals surface area contributed by atoms with Gasteiger partial charge in [0.15, 0.2) is 6.54 Å². The molecule has 1 atom stereocenters. The van der Waals surface area contributed by atoms with Crippen LogP contribution in [0.4, 0.5) is 5.69 Å². The largest absolute Gasteiger partial charge is 0.497 e. The van der Waals surface area contributed by atoms with Crippen LogP contribution in [0.2, 0.25) is 4.34 Å². The van der Waals surface area contributed by atoms with Gasteiger partial charge in [0, 0.05) is 5.69 Å². The van der Waals surface area contributed by atoms with E-state index in [0.717, 1.165) is 27.2 Å². The van der Waals surface area contributed by atoms with Gasteiger partial charge in [-0.2, -0.15) is 0 Å². The first kappa shape index (κ1) is 15.8. The number of ether oxygens (including phenoxy) is 1. The van der Waals surface area contributed by atoms with Gasteiger partial charge < -0.3 is 15.0 Å². The molecular formula is C15H18ClN2O2S+. The van der Waals surface area contributed by atoms with E-state index in [1.807, 2.05) is 43.4 Å². The van der Waals surface area contributed by atoms with Gasteiger partial charge in [-0.1, -0.05) is 11.6 Å². The summed E-state index contributed by atoms with van der Waals surface area (Å²) in [6.07, 6.45) is 0. The number of quaternary nitrogens is 1. The average Bonchev–Trinajstić information content (AvgIpc) is 2.84. The lowest BCUT2D eigenvalue weighted by atomic mass is 10.3. The Kier molecular flexibility index (Phi) is 5.61. The highest BCUT2D eigenvalue weighted by Gasteiger charge is 2.12. The number of carbonyl (C=O) groups is 1. The summed E-state index contributed by atoms with van der Waals surface area (Å²) in [5.74, 6) is 0.755. The maximum absolute atomic E-state index is 12.0. The Morgan fingerprint density at radius 3 is 2.57 bits per heavy atom. The fourth-order valence-electron chi connectivity index (χ4n) is 1.96. The molecule has 0 aliphatic carbocycles. The second kappa shape index (κ2) is 7.45. The summed E-state index contributed by atoms with van der Waals surface area (Å²) < 4.78 is 5.86. The first-order valence-electron chi connectivity index (χ1n) is 6.56. The highest BCUT2D eigenvalue weighted by atomic mass is 35.5. The van der Waals surface area contributed by atoms with Crippen LogP contribution in [0.1, 0.15) is 4.88 Å². The maximum atomic E-state index is 12.0. The van der Waals surface area contributed by atoms with E-state index in [1.165, 1.54) is 4.88 Å². The third kappa shape index (κ3) is 5.04. The number of hydrogen-bond donors (Lipinski definition) is 2. The molecule has 0 aliphatic rings. The van der Waals surface area contributed by atoms with Gasteiger partial charge in [-0.05, 0) is 36.4 Å². The Morgan fingerprint density at radius 2 is 2.00 bits per heavy atom. The normalized spacial score (nSPS) is 12.0. The lowest BCUT2D eigenvalue weighted by molar-refractivity contribution is -0.884. The van der Waals surface area contributed by atoms with Crippen molar-refractivity contribution < 1.29 is 14.4 Å². The Labute approximate surface area is 133 Å². The predicted molar refractivity (Wildman–Crippen MR) is 86.4 cm³/mol. The molecular weight excluding hydrogens is 308 g/mol. The number of likely N-dealkylation sites (N-methyl/N-ethyl adjacent to an activating group) is 1.